The van der Waals surface area contributed by atoms with Gasteiger partial charge in [-0.15, -0.1) is 0 Å². The van der Waals surface area contributed by atoms with Crippen molar-refractivity contribution in [1.82, 2.24) is 20.0 Å². The standard InChI is InChI=1S/C30H44N6O3/c1-23(19-33-27(31-2)39-5)18-32-26(37)21-35-22-29(36(28(35)38)20-24-10-9-11-24)14-16-30(17-15-29,34(3)4)25-12-7-6-8-13-25/h6-8,12-13,19,24H,2,9-11,14-18,20-22H2,1,3-5H3,(H,32,37)/b23-19+,33-27?. The van der Waals surface area contributed by atoms with Crippen molar-refractivity contribution < 1.29 is 14.3 Å². The number of rotatable bonds is 9. The number of hydrogen-bond acceptors (Lipinski definition) is 5. The largest absolute Gasteiger partial charge is 0.467 e. The summed E-state index contributed by atoms with van der Waals surface area (Å²) in [7, 11) is 5.81. The lowest BCUT2D eigenvalue weighted by molar-refractivity contribution is -0.121. The van der Waals surface area contributed by atoms with E-state index in [1.165, 1.54) is 31.9 Å². The number of hydrogen-bond donors (Lipinski definition) is 1. The lowest BCUT2D eigenvalue weighted by Crippen LogP contribution is -2.56. The predicted octanol–water partition coefficient (Wildman–Crippen LogP) is 4.02. The van der Waals surface area contributed by atoms with E-state index in [1.54, 1.807) is 11.1 Å². The smallest absolute Gasteiger partial charge is 0.321 e. The number of nitrogens with zero attached hydrogens (tertiary/aromatic N) is 5. The van der Waals surface area contributed by atoms with E-state index in [9.17, 15) is 9.59 Å². The van der Waals surface area contributed by atoms with Crippen molar-refractivity contribution in [3.8, 4) is 0 Å². The van der Waals surface area contributed by atoms with E-state index in [2.05, 4.69) is 76.2 Å². The van der Waals surface area contributed by atoms with E-state index in [4.69, 9.17) is 4.74 Å². The molecule has 1 aromatic rings. The maximum atomic E-state index is 13.7. The Kier molecular flexibility index (Phi) is 9.10. The van der Waals surface area contributed by atoms with Crippen LogP contribution in [-0.2, 0) is 15.1 Å². The summed E-state index contributed by atoms with van der Waals surface area (Å²) in [6.07, 6.45) is 9.02. The second-order valence-corrected chi connectivity index (χ2v) is 11.6. The van der Waals surface area contributed by atoms with Crippen LogP contribution in [0.2, 0.25) is 0 Å². The van der Waals surface area contributed by atoms with Crippen molar-refractivity contribution >= 4 is 24.7 Å². The molecule has 1 aliphatic heterocycles. The molecule has 0 atom stereocenters. The van der Waals surface area contributed by atoms with Crippen LogP contribution in [0.3, 0.4) is 0 Å². The van der Waals surface area contributed by atoms with Gasteiger partial charge in [0.1, 0.15) is 6.54 Å². The Morgan fingerprint density at radius 1 is 1.21 bits per heavy atom. The van der Waals surface area contributed by atoms with Crippen LogP contribution >= 0.6 is 0 Å². The molecule has 1 aromatic carbocycles. The van der Waals surface area contributed by atoms with Crippen LogP contribution in [0.1, 0.15) is 57.4 Å². The number of aliphatic imine (C=N–C) groups is 2. The van der Waals surface area contributed by atoms with Crippen molar-refractivity contribution in [3.63, 3.8) is 0 Å². The Bertz CT molecular complexity index is 1090. The average molecular weight is 537 g/mol. The average Bonchev–Trinajstić information content (AvgIpc) is 3.16. The summed E-state index contributed by atoms with van der Waals surface area (Å²) in [4.78, 5) is 40.6. The van der Waals surface area contributed by atoms with Crippen molar-refractivity contribution in [1.29, 1.82) is 0 Å². The van der Waals surface area contributed by atoms with Gasteiger partial charge in [0.15, 0.2) is 0 Å². The molecule has 0 unspecified atom stereocenters. The number of nitrogens with one attached hydrogen (secondary N) is 1. The quantitative estimate of drug-likeness (QED) is 0.381. The minimum Gasteiger partial charge on any atom is -0.467 e. The van der Waals surface area contributed by atoms with Gasteiger partial charge in [-0.1, -0.05) is 36.8 Å². The lowest BCUT2D eigenvalue weighted by atomic mass is 9.68. The molecule has 2 saturated carbocycles. The van der Waals surface area contributed by atoms with Gasteiger partial charge in [-0.25, -0.2) is 14.8 Å². The molecular weight excluding hydrogens is 492 g/mol. The Morgan fingerprint density at radius 3 is 2.46 bits per heavy atom. The summed E-state index contributed by atoms with van der Waals surface area (Å²) in [5, 5.41) is 2.93. The molecule has 1 N–H and O–H groups in total. The van der Waals surface area contributed by atoms with Crippen LogP contribution in [0, 0.1) is 5.92 Å². The molecular formula is C30H44N6O3. The van der Waals surface area contributed by atoms with Crippen LogP contribution in [0.5, 0.6) is 0 Å². The molecule has 1 saturated heterocycles. The molecule has 1 heterocycles. The maximum Gasteiger partial charge on any atom is 0.321 e. The zero-order chi connectivity index (χ0) is 28.0. The van der Waals surface area contributed by atoms with Crippen molar-refractivity contribution in [2.24, 2.45) is 15.9 Å². The van der Waals surface area contributed by atoms with E-state index in [-0.39, 0.29) is 35.6 Å². The van der Waals surface area contributed by atoms with Crippen molar-refractivity contribution in [3.05, 3.63) is 47.7 Å². The molecule has 212 valence electrons. The first-order valence-corrected chi connectivity index (χ1v) is 14.0. The third-order valence-corrected chi connectivity index (χ3v) is 9.01. The number of urea groups is 1. The van der Waals surface area contributed by atoms with Crippen LogP contribution in [0.4, 0.5) is 4.79 Å². The fourth-order valence-electron chi connectivity index (χ4n) is 6.35. The highest BCUT2D eigenvalue weighted by Gasteiger charge is 2.55. The van der Waals surface area contributed by atoms with Gasteiger partial charge < -0.3 is 19.9 Å². The number of carbonyl (C=O) groups is 2. The molecule has 0 radical (unpaired) electrons. The summed E-state index contributed by atoms with van der Waals surface area (Å²) < 4.78 is 4.97. The molecule has 3 fully saturated rings. The summed E-state index contributed by atoms with van der Waals surface area (Å²) in [6, 6.07) is 10.9. The van der Waals surface area contributed by atoms with Crippen molar-refractivity contribution in [2.45, 2.75) is 62.9 Å². The molecule has 0 aromatic heterocycles. The molecule has 0 bridgehead atoms. The number of ether oxygens (including phenoxy) is 1. The number of amides is 3. The molecule has 39 heavy (non-hydrogen) atoms. The van der Waals surface area contributed by atoms with Crippen LogP contribution in [0.25, 0.3) is 0 Å². The Morgan fingerprint density at radius 2 is 1.90 bits per heavy atom. The Balaban J connectivity index is 1.45. The number of carbonyl (C=O) groups excluding carboxylic acids is 2. The number of amidine groups is 1. The summed E-state index contributed by atoms with van der Waals surface area (Å²) in [5.74, 6) is 0.405. The fourth-order valence-corrected chi connectivity index (χ4v) is 6.35. The lowest BCUT2D eigenvalue weighted by Gasteiger charge is -2.51. The third-order valence-electron chi connectivity index (χ3n) is 9.01. The van der Waals surface area contributed by atoms with E-state index in [1.807, 2.05) is 6.92 Å². The van der Waals surface area contributed by atoms with Crippen molar-refractivity contribution in [2.75, 3.05) is 47.4 Å². The van der Waals surface area contributed by atoms with E-state index >= 15 is 0 Å². The molecule has 2 aliphatic carbocycles. The maximum absolute atomic E-state index is 13.7. The molecule has 9 heteroatoms. The van der Waals surface area contributed by atoms with Crippen LogP contribution < -0.4 is 5.32 Å². The van der Waals surface area contributed by atoms with E-state index in [0.717, 1.165) is 37.8 Å². The first-order valence-electron chi connectivity index (χ1n) is 14.0. The SMILES string of the molecule is C=NC(=N/C=C(\C)CNC(=O)CN1CC2(CCC(c3ccccc3)(N(C)C)CC2)N(CC2CCC2)C1=O)OC. The minimum atomic E-state index is -0.222. The van der Waals surface area contributed by atoms with Gasteiger partial charge in [0.25, 0.3) is 0 Å². The van der Waals surface area contributed by atoms with Gasteiger partial charge in [-0.05, 0) is 83.3 Å². The van der Waals surface area contributed by atoms with E-state index < -0.39 is 0 Å². The summed E-state index contributed by atoms with van der Waals surface area (Å²) in [6.45, 7) is 7.06. The Hall–Kier alpha value is -3.20. The van der Waals surface area contributed by atoms with Gasteiger partial charge in [0.05, 0.1) is 12.6 Å². The topological polar surface area (TPSA) is 89.8 Å². The molecule has 3 aliphatic rings. The van der Waals surface area contributed by atoms with Crippen LogP contribution in [0.15, 0.2) is 52.1 Å². The zero-order valence-corrected chi connectivity index (χ0v) is 24.0. The van der Waals surface area contributed by atoms with Gasteiger partial charge >= 0.3 is 12.1 Å². The Labute approximate surface area is 233 Å². The highest BCUT2D eigenvalue weighted by Crippen LogP contribution is 2.49. The fraction of sp³-hybridized carbons (Fsp3) is 0.600. The molecule has 1 spiro atoms. The second-order valence-electron chi connectivity index (χ2n) is 11.6. The highest BCUT2D eigenvalue weighted by molar-refractivity contribution is 5.86. The zero-order valence-electron chi connectivity index (χ0n) is 24.0. The predicted molar refractivity (Wildman–Crippen MR) is 155 cm³/mol. The first kappa shape index (κ1) is 28.8. The van der Waals surface area contributed by atoms with Gasteiger partial charge in [0.2, 0.25) is 5.91 Å². The molecule has 3 amide bonds. The van der Waals surface area contributed by atoms with Gasteiger partial charge in [-0.2, -0.15) is 0 Å². The normalized spacial score (nSPS) is 26.2. The number of methoxy groups -OCH3 is 1. The van der Waals surface area contributed by atoms with Gasteiger partial charge in [-0.3, -0.25) is 9.69 Å². The second kappa shape index (κ2) is 12.3. The summed E-state index contributed by atoms with van der Waals surface area (Å²) in [5.41, 5.74) is 1.91. The highest BCUT2D eigenvalue weighted by atomic mass is 16.5. The van der Waals surface area contributed by atoms with Crippen LogP contribution in [-0.4, -0.2) is 92.3 Å². The molecule has 9 nitrogen and oxygen atoms in total. The van der Waals surface area contributed by atoms with Gasteiger partial charge in [0, 0.05) is 31.4 Å². The molecule has 4 rings (SSSR count). The first-order chi connectivity index (χ1) is 18.7. The third kappa shape index (κ3) is 6.19. The number of benzene rings is 1. The monoisotopic (exact) mass is 536 g/mol. The van der Waals surface area contributed by atoms with E-state index in [0.29, 0.717) is 19.0 Å². The minimum absolute atomic E-state index is 0.00720. The summed E-state index contributed by atoms with van der Waals surface area (Å²) >= 11 is 0.